The summed E-state index contributed by atoms with van der Waals surface area (Å²) in [7, 11) is -3.34. The van der Waals surface area contributed by atoms with Crippen LogP contribution < -0.4 is 5.32 Å². The molecule has 0 radical (unpaired) electrons. The van der Waals surface area contributed by atoms with Gasteiger partial charge in [0.15, 0.2) is 0 Å². The van der Waals surface area contributed by atoms with Crippen LogP contribution in [0.15, 0.2) is 48.5 Å². The van der Waals surface area contributed by atoms with Crippen molar-refractivity contribution in [3.63, 3.8) is 0 Å². The number of sulfone groups is 1. The Bertz CT molecular complexity index is 956. The summed E-state index contributed by atoms with van der Waals surface area (Å²) in [6, 6.07) is 14.4. The fourth-order valence-electron chi connectivity index (χ4n) is 3.37. The third kappa shape index (κ3) is 4.51. The van der Waals surface area contributed by atoms with E-state index < -0.39 is 27.9 Å². The lowest BCUT2D eigenvalue weighted by molar-refractivity contribution is -0.139. The lowest BCUT2D eigenvalue weighted by atomic mass is 9.98. The van der Waals surface area contributed by atoms with Gasteiger partial charge in [-0.25, -0.2) is 18.0 Å². The first kappa shape index (κ1) is 19.9. The Hall–Kier alpha value is -2.87. The number of carboxylic acid groups (broad SMARTS) is 1. The number of hydrogen-bond acceptors (Lipinski definition) is 5. The highest BCUT2D eigenvalue weighted by Crippen LogP contribution is 2.44. The van der Waals surface area contributed by atoms with Crippen LogP contribution in [0.3, 0.4) is 0 Å². The number of ether oxygens (including phenoxy) is 1. The van der Waals surface area contributed by atoms with Crippen LogP contribution in [0, 0.1) is 0 Å². The second-order valence-electron chi connectivity index (χ2n) is 6.78. The van der Waals surface area contributed by atoms with Gasteiger partial charge in [-0.05, 0) is 28.7 Å². The monoisotopic (exact) mass is 403 g/mol. The number of carboxylic acids is 1. The fraction of sp³-hybridized carbons (Fsp3) is 0.300. The summed E-state index contributed by atoms with van der Waals surface area (Å²) in [6.07, 6.45) is -0.0971. The van der Waals surface area contributed by atoms with Crippen molar-refractivity contribution in [2.75, 3.05) is 18.6 Å². The van der Waals surface area contributed by atoms with Gasteiger partial charge >= 0.3 is 12.1 Å². The van der Waals surface area contributed by atoms with E-state index in [-0.39, 0.29) is 24.7 Å². The van der Waals surface area contributed by atoms with Gasteiger partial charge in [0.1, 0.15) is 22.5 Å². The SMILES string of the molecule is CS(=O)(=O)CC[C@H](NC(=O)OCC1c2ccccc2-c2ccccc21)C(=O)O. The van der Waals surface area contributed by atoms with Crippen LogP contribution in [0.4, 0.5) is 4.79 Å². The lowest BCUT2D eigenvalue weighted by Gasteiger charge is -2.17. The van der Waals surface area contributed by atoms with Gasteiger partial charge in [-0.2, -0.15) is 0 Å². The van der Waals surface area contributed by atoms with Crippen molar-refractivity contribution >= 4 is 21.9 Å². The number of hydrogen-bond donors (Lipinski definition) is 2. The summed E-state index contributed by atoms with van der Waals surface area (Å²) in [5.74, 6) is -1.79. The minimum Gasteiger partial charge on any atom is -0.480 e. The molecule has 3 rings (SSSR count). The average molecular weight is 403 g/mol. The molecular weight excluding hydrogens is 382 g/mol. The van der Waals surface area contributed by atoms with Crippen LogP contribution in [-0.4, -0.2) is 50.2 Å². The summed E-state index contributed by atoms with van der Waals surface area (Å²) < 4.78 is 27.8. The van der Waals surface area contributed by atoms with Crippen LogP contribution >= 0.6 is 0 Å². The van der Waals surface area contributed by atoms with Crippen LogP contribution in [0.25, 0.3) is 11.1 Å². The normalized spacial score (nSPS) is 14.0. The van der Waals surface area contributed by atoms with Gasteiger partial charge in [0, 0.05) is 12.2 Å². The van der Waals surface area contributed by atoms with E-state index >= 15 is 0 Å². The molecule has 1 aliphatic rings. The Morgan fingerprint density at radius 2 is 1.61 bits per heavy atom. The molecule has 7 nitrogen and oxygen atoms in total. The second kappa shape index (κ2) is 8.02. The summed E-state index contributed by atoms with van der Waals surface area (Å²) in [4.78, 5) is 23.4. The zero-order valence-electron chi connectivity index (χ0n) is 15.3. The predicted octanol–water partition coefficient (Wildman–Crippen LogP) is 2.41. The van der Waals surface area contributed by atoms with Gasteiger partial charge in [-0.15, -0.1) is 0 Å². The number of alkyl carbamates (subject to hydrolysis) is 1. The molecule has 28 heavy (non-hydrogen) atoms. The van der Waals surface area contributed by atoms with Crippen molar-refractivity contribution in [1.29, 1.82) is 0 Å². The molecule has 0 fully saturated rings. The van der Waals surface area contributed by atoms with Gasteiger partial charge in [-0.1, -0.05) is 48.5 Å². The maximum Gasteiger partial charge on any atom is 0.407 e. The maximum absolute atomic E-state index is 12.1. The van der Waals surface area contributed by atoms with Gasteiger partial charge < -0.3 is 15.2 Å². The molecule has 2 aromatic carbocycles. The smallest absolute Gasteiger partial charge is 0.407 e. The number of aliphatic carboxylic acids is 1. The van der Waals surface area contributed by atoms with Crippen LogP contribution in [-0.2, 0) is 19.4 Å². The first-order valence-corrected chi connectivity index (χ1v) is 10.8. The van der Waals surface area contributed by atoms with Gasteiger partial charge in [0.05, 0.1) is 5.75 Å². The van der Waals surface area contributed by atoms with Crippen molar-refractivity contribution in [2.45, 2.75) is 18.4 Å². The molecule has 0 aliphatic heterocycles. The Kier molecular flexibility index (Phi) is 5.69. The highest BCUT2D eigenvalue weighted by molar-refractivity contribution is 7.90. The highest BCUT2D eigenvalue weighted by Gasteiger charge is 2.29. The van der Waals surface area contributed by atoms with E-state index in [1.807, 2.05) is 48.5 Å². The average Bonchev–Trinajstić information content (AvgIpc) is 2.96. The number of carbonyl (C=O) groups excluding carboxylic acids is 1. The molecule has 0 saturated carbocycles. The van der Waals surface area contributed by atoms with E-state index in [1.165, 1.54) is 0 Å². The van der Waals surface area contributed by atoms with E-state index in [2.05, 4.69) is 5.32 Å². The minimum atomic E-state index is -3.34. The summed E-state index contributed by atoms with van der Waals surface area (Å²) in [5, 5.41) is 11.4. The molecule has 148 valence electrons. The molecule has 1 amide bonds. The topological polar surface area (TPSA) is 110 Å². The van der Waals surface area contributed by atoms with E-state index in [0.717, 1.165) is 28.5 Å². The number of nitrogens with one attached hydrogen (secondary N) is 1. The molecule has 2 N–H and O–H groups in total. The highest BCUT2D eigenvalue weighted by atomic mass is 32.2. The van der Waals surface area contributed by atoms with Gasteiger partial charge in [0.25, 0.3) is 0 Å². The summed E-state index contributed by atoms with van der Waals surface area (Å²) in [5.41, 5.74) is 4.26. The number of carbonyl (C=O) groups is 2. The Balaban J connectivity index is 1.66. The molecule has 1 atom stereocenters. The quantitative estimate of drug-likeness (QED) is 0.735. The first-order chi connectivity index (χ1) is 13.3. The maximum atomic E-state index is 12.1. The molecular formula is C20H21NO6S. The van der Waals surface area contributed by atoms with Crippen molar-refractivity contribution in [2.24, 2.45) is 0 Å². The van der Waals surface area contributed by atoms with Gasteiger partial charge in [0.2, 0.25) is 0 Å². The summed E-state index contributed by atoms with van der Waals surface area (Å²) in [6.45, 7) is 0.0538. The zero-order chi connectivity index (χ0) is 20.3. The second-order valence-corrected chi connectivity index (χ2v) is 9.04. The third-order valence-corrected chi connectivity index (χ3v) is 5.69. The summed E-state index contributed by atoms with van der Waals surface area (Å²) >= 11 is 0. The molecule has 0 bridgehead atoms. The fourth-order valence-corrected chi connectivity index (χ4v) is 4.04. The third-order valence-electron chi connectivity index (χ3n) is 4.71. The minimum absolute atomic E-state index is 0.0538. The molecule has 8 heteroatoms. The molecule has 0 spiro atoms. The first-order valence-electron chi connectivity index (χ1n) is 8.78. The Labute approximate surface area is 163 Å². The van der Waals surface area contributed by atoms with Crippen molar-refractivity contribution in [1.82, 2.24) is 5.32 Å². The lowest BCUT2D eigenvalue weighted by Crippen LogP contribution is -2.42. The Morgan fingerprint density at radius 1 is 1.07 bits per heavy atom. The van der Waals surface area contributed by atoms with Crippen LogP contribution in [0.5, 0.6) is 0 Å². The molecule has 0 aromatic heterocycles. The van der Waals surface area contributed by atoms with Crippen molar-refractivity contribution in [3.8, 4) is 11.1 Å². The zero-order valence-corrected chi connectivity index (χ0v) is 16.1. The van der Waals surface area contributed by atoms with E-state index in [4.69, 9.17) is 4.74 Å². The molecule has 0 saturated heterocycles. The Morgan fingerprint density at radius 3 is 2.11 bits per heavy atom. The van der Waals surface area contributed by atoms with E-state index in [1.54, 1.807) is 0 Å². The largest absolute Gasteiger partial charge is 0.480 e. The number of fused-ring (bicyclic) bond motifs is 3. The van der Waals surface area contributed by atoms with Crippen molar-refractivity contribution < 1.29 is 27.9 Å². The molecule has 0 unspecified atom stereocenters. The van der Waals surface area contributed by atoms with E-state index in [9.17, 15) is 23.1 Å². The van der Waals surface area contributed by atoms with Crippen LogP contribution in [0.2, 0.25) is 0 Å². The van der Waals surface area contributed by atoms with Gasteiger partial charge in [-0.3, -0.25) is 0 Å². The van der Waals surface area contributed by atoms with Crippen molar-refractivity contribution in [3.05, 3.63) is 59.7 Å². The molecule has 0 heterocycles. The van der Waals surface area contributed by atoms with Crippen LogP contribution in [0.1, 0.15) is 23.5 Å². The standard InChI is InChI=1S/C20H21NO6S/c1-28(25,26)11-10-18(19(22)23)21-20(24)27-12-17-15-8-4-2-6-13(15)14-7-3-5-9-16(14)17/h2-9,17-18H,10-12H2,1H3,(H,21,24)(H,22,23)/t18-/m0/s1. The molecule has 2 aromatic rings. The molecule has 1 aliphatic carbocycles. The number of amides is 1. The number of benzene rings is 2. The number of rotatable bonds is 7. The predicted molar refractivity (Wildman–Crippen MR) is 104 cm³/mol. The van der Waals surface area contributed by atoms with E-state index in [0.29, 0.717) is 0 Å².